The second-order valence-corrected chi connectivity index (χ2v) is 7.51. The van der Waals surface area contributed by atoms with Crippen LogP contribution in [0.25, 0.3) is 0 Å². The van der Waals surface area contributed by atoms with Gasteiger partial charge in [0, 0.05) is 24.6 Å². The van der Waals surface area contributed by atoms with Crippen molar-refractivity contribution >= 4 is 5.91 Å². The number of aliphatic hydroxyl groups excluding tert-OH is 1. The number of carbonyl (C=O) groups is 1. The van der Waals surface area contributed by atoms with Crippen LogP contribution in [0.1, 0.15) is 42.4 Å². The van der Waals surface area contributed by atoms with Crippen LogP contribution < -0.4 is 4.74 Å². The van der Waals surface area contributed by atoms with E-state index in [1.807, 2.05) is 35.2 Å². The molecule has 1 aliphatic rings. The first-order valence-electron chi connectivity index (χ1n) is 9.71. The summed E-state index contributed by atoms with van der Waals surface area (Å²) in [6.07, 6.45) is 2.76. The van der Waals surface area contributed by atoms with Crippen LogP contribution in [0.4, 0.5) is 0 Å². The Morgan fingerprint density at radius 2 is 1.96 bits per heavy atom. The lowest BCUT2D eigenvalue weighted by Crippen LogP contribution is -2.38. The van der Waals surface area contributed by atoms with E-state index in [9.17, 15) is 9.90 Å². The fourth-order valence-corrected chi connectivity index (χ4v) is 3.93. The van der Waals surface area contributed by atoms with Gasteiger partial charge in [-0.15, -0.1) is 0 Å². The van der Waals surface area contributed by atoms with Gasteiger partial charge in [-0.05, 0) is 37.8 Å². The average molecular weight is 367 g/mol. The van der Waals surface area contributed by atoms with Crippen LogP contribution in [0, 0.1) is 12.8 Å². The number of amides is 1. The van der Waals surface area contributed by atoms with Crippen LogP contribution in [0.3, 0.4) is 0 Å². The van der Waals surface area contributed by atoms with E-state index in [0.29, 0.717) is 19.5 Å². The van der Waals surface area contributed by atoms with Crippen LogP contribution in [0.15, 0.2) is 48.5 Å². The molecule has 1 aliphatic carbocycles. The number of ether oxygens (including phenoxy) is 1. The molecule has 0 bridgehead atoms. The summed E-state index contributed by atoms with van der Waals surface area (Å²) in [7, 11) is 1.66. The van der Waals surface area contributed by atoms with Gasteiger partial charge in [-0.25, -0.2) is 0 Å². The first kappa shape index (κ1) is 19.4. The molecule has 0 unspecified atom stereocenters. The maximum Gasteiger partial charge on any atom is 0.226 e. The second-order valence-electron chi connectivity index (χ2n) is 7.51. The highest BCUT2D eigenvalue weighted by Gasteiger charge is 2.30. The van der Waals surface area contributed by atoms with Gasteiger partial charge >= 0.3 is 0 Å². The lowest BCUT2D eigenvalue weighted by molar-refractivity contribution is -0.139. The van der Waals surface area contributed by atoms with E-state index in [1.54, 1.807) is 7.11 Å². The molecular formula is C23H29NO3. The van der Waals surface area contributed by atoms with Crippen molar-refractivity contribution in [1.29, 1.82) is 0 Å². The molecule has 0 aromatic heterocycles. The SMILES string of the molecule is COc1ccccc1CN(Cc1cccc(C)c1)C(=O)[C@H]1CCC[C@H](O)C1. The lowest BCUT2D eigenvalue weighted by Gasteiger charge is -2.31. The Morgan fingerprint density at radius 1 is 1.15 bits per heavy atom. The van der Waals surface area contributed by atoms with Crippen LogP contribution >= 0.6 is 0 Å². The van der Waals surface area contributed by atoms with E-state index in [2.05, 4.69) is 25.1 Å². The minimum Gasteiger partial charge on any atom is -0.496 e. The van der Waals surface area contributed by atoms with Crippen LogP contribution in [0.2, 0.25) is 0 Å². The third-order valence-corrected chi connectivity index (χ3v) is 5.32. The zero-order valence-corrected chi connectivity index (χ0v) is 16.2. The summed E-state index contributed by atoms with van der Waals surface area (Å²) in [4.78, 5) is 15.2. The van der Waals surface area contributed by atoms with E-state index in [-0.39, 0.29) is 17.9 Å². The van der Waals surface area contributed by atoms with Gasteiger partial charge in [-0.2, -0.15) is 0 Å². The van der Waals surface area contributed by atoms with Crippen molar-refractivity contribution in [2.75, 3.05) is 7.11 Å². The van der Waals surface area contributed by atoms with E-state index in [4.69, 9.17) is 4.74 Å². The molecule has 0 heterocycles. The fraction of sp³-hybridized carbons (Fsp3) is 0.435. The first-order valence-corrected chi connectivity index (χ1v) is 9.71. The number of rotatable bonds is 6. The average Bonchev–Trinajstić information content (AvgIpc) is 2.67. The molecule has 3 rings (SSSR count). The van der Waals surface area contributed by atoms with Gasteiger partial charge in [0.2, 0.25) is 5.91 Å². The summed E-state index contributed by atoms with van der Waals surface area (Å²) < 4.78 is 5.48. The topological polar surface area (TPSA) is 49.8 Å². The van der Waals surface area contributed by atoms with Crippen molar-refractivity contribution in [3.05, 3.63) is 65.2 Å². The van der Waals surface area contributed by atoms with Gasteiger partial charge in [-0.1, -0.05) is 54.4 Å². The molecule has 1 N–H and O–H groups in total. The van der Waals surface area contributed by atoms with Crippen molar-refractivity contribution in [3.63, 3.8) is 0 Å². The zero-order chi connectivity index (χ0) is 19.2. The Bertz CT molecular complexity index is 774. The maximum atomic E-state index is 13.3. The minimum absolute atomic E-state index is 0.103. The molecule has 1 fully saturated rings. The molecule has 0 radical (unpaired) electrons. The van der Waals surface area contributed by atoms with Crippen LogP contribution in [-0.2, 0) is 17.9 Å². The normalized spacial score (nSPS) is 19.5. The monoisotopic (exact) mass is 367 g/mol. The Morgan fingerprint density at radius 3 is 2.70 bits per heavy atom. The zero-order valence-electron chi connectivity index (χ0n) is 16.2. The number of hydrogen-bond acceptors (Lipinski definition) is 3. The Labute approximate surface area is 161 Å². The van der Waals surface area contributed by atoms with E-state index < -0.39 is 0 Å². The van der Waals surface area contributed by atoms with Crippen molar-refractivity contribution < 1.29 is 14.6 Å². The van der Waals surface area contributed by atoms with Gasteiger partial charge in [0.1, 0.15) is 5.75 Å². The van der Waals surface area contributed by atoms with E-state index in [1.165, 1.54) is 5.56 Å². The Kier molecular flexibility index (Phi) is 6.51. The number of benzene rings is 2. The fourth-order valence-electron chi connectivity index (χ4n) is 3.93. The minimum atomic E-state index is -0.361. The number of nitrogens with zero attached hydrogens (tertiary/aromatic N) is 1. The number of methoxy groups -OCH3 is 1. The molecule has 0 saturated heterocycles. The molecule has 0 spiro atoms. The van der Waals surface area contributed by atoms with Gasteiger partial charge in [-0.3, -0.25) is 4.79 Å². The highest BCUT2D eigenvalue weighted by Crippen LogP contribution is 2.28. The molecule has 1 saturated carbocycles. The molecule has 2 atom stereocenters. The summed E-state index contributed by atoms with van der Waals surface area (Å²) in [6.45, 7) is 3.13. The largest absolute Gasteiger partial charge is 0.496 e. The second kappa shape index (κ2) is 9.05. The van der Waals surface area contributed by atoms with Gasteiger partial charge in [0.05, 0.1) is 13.2 Å². The number of hydrogen-bond donors (Lipinski definition) is 1. The summed E-state index contributed by atoms with van der Waals surface area (Å²) in [5.41, 5.74) is 3.30. The Balaban J connectivity index is 1.84. The quantitative estimate of drug-likeness (QED) is 0.837. The molecule has 2 aromatic carbocycles. The van der Waals surface area contributed by atoms with Crippen LogP contribution in [-0.4, -0.2) is 29.1 Å². The van der Waals surface area contributed by atoms with Gasteiger partial charge < -0.3 is 14.7 Å². The molecule has 4 nitrogen and oxygen atoms in total. The summed E-state index contributed by atoms with van der Waals surface area (Å²) in [5, 5.41) is 10.0. The highest BCUT2D eigenvalue weighted by atomic mass is 16.5. The number of aliphatic hydroxyl groups is 1. The molecule has 0 aliphatic heterocycles. The standard InChI is InChI=1S/C23H29NO3/c1-17-7-5-8-18(13-17)15-24(16-20-9-3-4-12-22(20)27-2)23(26)19-10-6-11-21(25)14-19/h3-5,7-9,12-13,19,21,25H,6,10-11,14-16H2,1-2H3/t19-,21-/m0/s1. The van der Waals surface area contributed by atoms with E-state index >= 15 is 0 Å². The van der Waals surface area contributed by atoms with Crippen molar-refractivity contribution in [2.45, 2.75) is 51.8 Å². The third-order valence-electron chi connectivity index (χ3n) is 5.32. The first-order chi connectivity index (χ1) is 13.1. The summed E-state index contributed by atoms with van der Waals surface area (Å²) in [6, 6.07) is 16.1. The molecule has 2 aromatic rings. The summed E-state index contributed by atoms with van der Waals surface area (Å²) >= 11 is 0. The molecule has 144 valence electrons. The van der Waals surface area contributed by atoms with Crippen LogP contribution in [0.5, 0.6) is 5.75 Å². The van der Waals surface area contributed by atoms with Crippen molar-refractivity contribution in [2.24, 2.45) is 5.92 Å². The third kappa shape index (κ3) is 5.10. The molecule has 1 amide bonds. The predicted octanol–water partition coefficient (Wildman–Crippen LogP) is 4.08. The highest BCUT2D eigenvalue weighted by molar-refractivity contribution is 5.79. The van der Waals surface area contributed by atoms with E-state index in [0.717, 1.165) is 36.1 Å². The number of aryl methyl sites for hydroxylation is 1. The van der Waals surface area contributed by atoms with Gasteiger partial charge in [0.15, 0.2) is 0 Å². The van der Waals surface area contributed by atoms with Gasteiger partial charge in [0.25, 0.3) is 0 Å². The smallest absolute Gasteiger partial charge is 0.226 e. The lowest BCUT2D eigenvalue weighted by atomic mass is 9.86. The molecule has 27 heavy (non-hydrogen) atoms. The maximum absolute atomic E-state index is 13.3. The predicted molar refractivity (Wildman–Crippen MR) is 106 cm³/mol. The number of para-hydroxylation sites is 1. The summed E-state index contributed by atoms with van der Waals surface area (Å²) in [5.74, 6) is 0.817. The van der Waals surface area contributed by atoms with Crippen molar-refractivity contribution in [1.82, 2.24) is 4.90 Å². The van der Waals surface area contributed by atoms with Crippen molar-refractivity contribution in [3.8, 4) is 5.75 Å². The number of carbonyl (C=O) groups excluding carboxylic acids is 1. The molecule has 4 heteroatoms. The molecular weight excluding hydrogens is 338 g/mol. The Hall–Kier alpha value is -2.33.